The number of aromatic nitrogens is 3. The van der Waals surface area contributed by atoms with Crippen LogP contribution in [-0.2, 0) is 11.2 Å². The van der Waals surface area contributed by atoms with Gasteiger partial charge in [0.05, 0.1) is 5.69 Å². The zero-order valence-corrected chi connectivity index (χ0v) is 21.8. The van der Waals surface area contributed by atoms with Crippen LogP contribution in [0.15, 0.2) is 79.3 Å². The number of amides is 1. The number of imidazole rings is 1. The molecule has 0 saturated carbocycles. The standard InChI is InChI=1S/C31H31N5O3/c37-30(25-17-23(8-11-32-25)16-22-4-2-1-3-5-22)34-26-19-39-28-7-6-24(18-27(28)36-13-12-33-29(26)36)35-20-31(21-35)9-14-38-15-10-31/h1-8,11-13,17-18,26H,9-10,14-16,19-21H2,(H,34,37)/t26-/m0/s1. The van der Waals surface area contributed by atoms with Gasteiger partial charge in [-0.15, -0.1) is 0 Å². The largest absolute Gasteiger partial charge is 0.489 e. The third kappa shape index (κ3) is 4.65. The van der Waals surface area contributed by atoms with E-state index in [-0.39, 0.29) is 12.5 Å². The third-order valence-electron chi connectivity index (χ3n) is 8.17. The predicted octanol–water partition coefficient (Wildman–Crippen LogP) is 4.34. The SMILES string of the molecule is O=C(N[C@H]1COc2ccc(N3CC4(CCOCC4)C3)cc2-n2ccnc21)c1cc(Cc2ccccc2)ccn1. The van der Waals surface area contributed by atoms with E-state index in [0.29, 0.717) is 11.1 Å². The number of hydrogen-bond acceptors (Lipinski definition) is 6. The van der Waals surface area contributed by atoms with Gasteiger partial charge in [0.2, 0.25) is 0 Å². The van der Waals surface area contributed by atoms with Gasteiger partial charge in [-0.2, -0.15) is 0 Å². The summed E-state index contributed by atoms with van der Waals surface area (Å²) in [5.41, 5.74) is 5.11. The minimum Gasteiger partial charge on any atom is -0.489 e. The van der Waals surface area contributed by atoms with E-state index in [2.05, 4.69) is 44.5 Å². The maximum Gasteiger partial charge on any atom is 0.270 e. The fraction of sp³-hybridized carbons (Fsp3) is 0.323. The molecule has 2 saturated heterocycles. The van der Waals surface area contributed by atoms with Gasteiger partial charge >= 0.3 is 0 Å². The van der Waals surface area contributed by atoms with Crippen molar-refractivity contribution >= 4 is 11.6 Å². The summed E-state index contributed by atoms with van der Waals surface area (Å²) in [4.78, 5) is 24.7. The van der Waals surface area contributed by atoms with Crippen molar-refractivity contribution in [1.29, 1.82) is 0 Å². The number of carbonyl (C=O) groups excluding carboxylic acids is 1. The summed E-state index contributed by atoms with van der Waals surface area (Å²) >= 11 is 0. The summed E-state index contributed by atoms with van der Waals surface area (Å²) in [5.74, 6) is 1.27. The quantitative estimate of drug-likeness (QED) is 0.421. The van der Waals surface area contributed by atoms with E-state index in [1.165, 1.54) is 11.3 Å². The van der Waals surface area contributed by atoms with Crippen molar-refractivity contribution in [2.75, 3.05) is 37.8 Å². The molecule has 1 atom stereocenters. The molecule has 1 amide bonds. The van der Waals surface area contributed by atoms with Crippen LogP contribution in [0.1, 0.15) is 46.3 Å². The summed E-state index contributed by atoms with van der Waals surface area (Å²) < 4.78 is 13.8. The van der Waals surface area contributed by atoms with Gasteiger partial charge < -0.3 is 19.7 Å². The van der Waals surface area contributed by atoms with Crippen LogP contribution in [-0.4, -0.2) is 53.4 Å². The van der Waals surface area contributed by atoms with Gasteiger partial charge in [0.1, 0.15) is 29.9 Å². The van der Waals surface area contributed by atoms with Crippen molar-refractivity contribution < 1.29 is 14.3 Å². The van der Waals surface area contributed by atoms with E-state index >= 15 is 0 Å². The molecule has 1 spiro atoms. The summed E-state index contributed by atoms with van der Waals surface area (Å²) in [6.07, 6.45) is 8.40. The zero-order valence-electron chi connectivity index (χ0n) is 21.8. The lowest BCUT2D eigenvalue weighted by atomic mass is 9.73. The van der Waals surface area contributed by atoms with E-state index in [1.807, 2.05) is 47.2 Å². The summed E-state index contributed by atoms with van der Waals surface area (Å²) in [6.45, 7) is 4.13. The highest BCUT2D eigenvalue weighted by atomic mass is 16.5. The molecule has 0 bridgehead atoms. The molecule has 3 aliphatic rings. The Hall–Kier alpha value is -4.17. The van der Waals surface area contributed by atoms with Crippen LogP contribution in [0, 0.1) is 5.41 Å². The number of fused-ring (bicyclic) bond motifs is 3. The van der Waals surface area contributed by atoms with Gasteiger partial charge in [-0.25, -0.2) is 4.98 Å². The molecular formula is C31H31N5O3. The minimum absolute atomic E-state index is 0.248. The van der Waals surface area contributed by atoms with Crippen molar-refractivity contribution in [2.24, 2.45) is 5.41 Å². The van der Waals surface area contributed by atoms with Crippen LogP contribution >= 0.6 is 0 Å². The van der Waals surface area contributed by atoms with Crippen LogP contribution in [0.5, 0.6) is 5.75 Å². The molecule has 1 N–H and O–H groups in total. The summed E-state index contributed by atoms with van der Waals surface area (Å²) in [7, 11) is 0. The second kappa shape index (κ2) is 9.85. The van der Waals surface area contributed by atoms with E-state index in [1.54, 1.807) is 12.4 Å². The molecule has 7 rings (SSSR count). The molecule has 2 aromatic heterocycles. The van der Waals surface area contributed by atoms with Crippen LogP contribution in [0.25, 0.3) is 5.69 Å². The van der Waals surface area contributed by atoms with Crippen LogP contribution in [0.2, 0.25) is 0 Å². The van der Waals surface area contributed by atoms with Gasteiger partial charge in [0, 0.05) is 56.0 Å². The average Bonchev–Trinajstić information content (AvgIpc) is 3.40. The zero-order chi connectivity index (χ0) is 26.2. The number of anilines is 1. The molecule has 0 unspecified atom stereocenters. The van der Waals surface area contributed by atoms with Crippen molar-refractivity contribution in [3.8, 4) is 11.4 Å². The number of nitrogens with zero attached hydrogens (tertiary/aromatic N) is 4. The van der Waals surface area contributed by atoms with E-state index in [9.17, 15) is 4.79 Å². The monoisotopic (exact) mass is 521 g/mol. The van der Waals surface area contributed by atoms with E-state index in [4.69, 9.17) is 9.47 Å². The third-order valence-corrected chi connectivity index (χ3v) is 8.17. The maximum atomic E-state index is 13.3. The molecule has 8 heteroatoms. The van der Waals surface area contributed by atoms with Gasteiger partial charge in [0.15, 0.2) is 0 Å². The predicted molar refractivity (Wildman–Crippen MR) is 147 cm³/mol. The number of ether oxygens (including phenoxy) is 2. The van der Waals surface area contributed by atoms with Crippen molar-refractivity contribution in [1.82, 2.24) is 19.9 Å². The minimum atomic E-state index is -0.419. The summed E-state index contributed by atoms with van der Waals surface area (Å²) in [6, 6.07) is 19.9. The first-order chi connectivity index (χ1) is 19.2. The molecule has 5 heterocycles. The molecule has 2 fully saturated rings. The molecule has 4 aromatic rings. The second-order valence-electron chi connectivity index (χ2n) is 10.8. The Bertz CT molecular complexity index is 1490. The number of carbonyl (C=O) groups is 1. The van der Waals surface area contributed by atoms with Gasteiger partial charge in [0.25, 0.3) is 5.91 Å². The van der Waals surface area contributed by atoms with Crippen molar-refractivity contribution in [3.63, 3.8) is 0 Å². The number of hydrogen-bond donors (Lipinski definition) is 1. The average molecular weight is 522 g/mol. The highest BCUT2D eigenvalue weighted by Gasteiger charge is 2.44. The lowest BCUT2D eigenvalue weighted by Gasteiger charge is -2.53. The first kappa shape index (κ1) is 23.9. The molecule has 0 radical (unpaired) electrons. The topological polar surface area (TPSA) is 81.5 Å². The Morgan fingerprint density at radius 2 is 1.82 bits per heavy atom. The molecule has 8 nitrogen and oxygen atoms in total. The molecular weight excluding hydrogens is 490 g/mol. The van der Waals surface area contributed by atoms with E-state index in [0.717, 1.165) is 68.4 Å². The number of rotatable bonds is 5. The first-order valence-electron chi connectivity index (χ1n) is 13.6. The Balaban J connectivity index is 1.09. The number of benzene rings is 2. The highest BCUT2D eigenvalue weighted by molar-refractivity contribution is 5.92. The molecule has 0 aliphatic carbocycles. The fourth-order valence-electron chi connectivity index (χ4n) is 5.98. The lowest BCUT2D eigenvalue weighted by Crippen LogP contribution is -2.58. The number of nitrogens with one attached hydrogen (secondary N) is 1. The Morgan fingerprint density at radius 1 is 0.974 bits per heavy atom. The fourth-order valence-corrected chi connectivity index (χ4v) is 5.98. The Morgan fingerprint density at radius 3 is 2.67 bits per heavy atom. The Kier molecular flexibility index (Phi) is 6.04. The van der Waals surface area contributed by atoms with Crippen LogP contribution < -0.4 is 15.0 Å². The van der Waals surface area contributed by atoms with E-state index < -0.39 is 6.04 Å². The smallest absolute Gasteiger partial charge is 0.270 e. The maximum absolute atomic E-state index is 13.3. The van der Waals surface area contributed by atoms with Gasteiger partial charge in [-0.1, -0.05) is 30.3 Å². The van der Waals surface area contributed by atoms with Crippen LogP contribution in [0.3, 0.4) is 0 Å². The molecule has 2 aromatic carbocycles. The molecule has 198 valence electrons. The second-order valence-corrected chi connectivity index (χ2v) is 10.8. The van der Waals surface area contributed by atoms with Gasteiger partial charge in [-0.3, -0.25) is 14.3 Å². The molecule has 3 aliphatic heterocycles. The lowest BCUT2D eigenvalue weighted by molar-refractivity contribution is -0.000195. The van der Waals surface area contributed by atoms with Gasteiger partial charge in [-0.05, 0) is 60.7 Å². The number of pyridine rings is 1. The molecule has 39 heavy (non-hydrogen) atoms. The van der Waals surface area contributed by atoms with Crippen LogP contribution in [0.4, 0.5) is 5.69 Å². The first-order valence-corrected chi connectivity index (χ1v) is 13.6. The normalized spacial score (nSPS) is 19.3. The Labute approximate surface area is 227 Å². The van der Waals surface area contributed by atoms with Crippen molar-refractivity contribution in [2.45, 2.75) is 25.3 Å². The highest BCUT2D eigenvalue weighted by Crippen LogP contribution is 2.43. The van der Waals surface area contributed by atoms with Crippen molar-refractivity contribution in [3.05, 3.63) is 102 Å². The summed E-state index contributed by atoms with van der Waals surface area (Å²) in [5, 5.41) is 3.11.